The third-order valence-electron chi connectivity index (χ3n) is 10.9. The van der Waals surface area contributed by atoms with Crippen molar-refractivity contribution in [1.29, 1.82) is 0 Å². The topological polar surface area (TPSA) is 119 Å². The minimum absolute atomic E-state index is 0.0496. The number of aliphatic hydroxyl groups is 1. The molecular weight excluding hydrogens is 663 g/mol. The molecule has 0 radical (unpaired) electrons. The van der Waals surface area contributed by atoms with Crippen molar-refractivity contribution < 1.29 is 41.3 Å². The second-order valence-electron chi connectivity index (χ2n) is 14.1. The molecule has 3 N–H and O–H groups in total. The summed E-state index contributed by atoms with van der Waals surface area (Å²) in [5.41, 5.74) is 0.684. The first-order valence-corrected chi connectivity index (χ1v) is 16.3. The maximum Gasteiger partial charge on any atom is 0.418 e. The monoisotopic (exact) mass is 696 g/mol. The molecule has 2 aromatic heterocycles. The first-order chi connectivity index (χ1) is 22.8. The molecule has 1 aromatic carbocycles. The molecule has 10 nitrogen and oxygen atoms in total. The maximum atomic E-state index is 16.9. The molecule has 5 aliphatic rings. The van der Waals surface area contributed by atoms with E-state index in [4.69, 9.17) is 36.5 Å². The average Bonchev–Trinajstić information content (AvgIpc) is 3.50. The number of halogens is 6. The van der Waals surface area contributed by atoms with E-state index in [1.54, 1.807) is 7.05 Å². The Bertz CT molecular complexity index is 1810. The quantitative estimate of drug-likeness (QED) is 0.273. The number of likely N-dealkylation sites (N-methyl/N-ethyl adjacent to an activating group) is 1. The summed E-state index contributed by atoms with van der Waals surface area (Å²) in [5.74, 6) is -1.19. The summed E-state index contributed by atoms with van der Waals surface area (Å²) in [6.45, 7) is 1.64. The van der Waals surface area contributed by atoms with E-state index in [0.29, 0.717) is 45.4 Å². The Morgan fingerprint density at radius 2 is 1.94 bits per heavy atom. The van der Waals surface area contributed by atoms with Gasteiger partial charge in [0.2, 0.25) is 5.88 Å². The number of hydrogen-bond acceptors (Lipinski definition) is 10. The number of aromatic nitrogens is 3. The fraction of sp³-hybridized carbons (Fsp3) is 0.594. The number of benzene rings is 1. The van der Waals surface area contributed by atoms with E-state index in [9.17, 15) is 22.7 Å². The number of hydrogen-bond donors (Lipinski definition) is 2. The first-order valence-electron chi connectivity index (χ1n) is 16.0. The van der Waals surface area contributed by atoms with Crippen molar-refractivity contribution in [3.05, 3.63) is 28.5 Å². The van der Waals surface area contributed by atoms with Gasteiger partial charge in [0.1, 0.15) is 40.8 Å². The minimum Gasteiger partial charge on any atom is -0.470 e. The van der Waals surface area contributed by atoms with Gasteiger partial charge in [-0.2, -0.15) is 23.1 Å². The Hall–Kier alpha value is -3.27. The number of nitrogen functional groups attached to an aromatic ring is 1. The standard InChI is InChI=1S/C32H34ClF5N6O4/c1-43-26-21-25(41-28(42-26)47-15-29-3-2-4-44(29)10-17(34)9-29)23(35)24(19-5-18(39)6-20(33)22(19)32(36,37)38)40-27(21)48-31(7-16(8-31)11-45)12-30(43)13-46-14-30/h5-6,16-17,45H,2-4,7-15,39H2,1H3/t16?,17-,29+,31?/m1/s1. The second-order valence-corrected chi connectivity index (χ2v) is 14.5. The van der Waals surface area contributed by atoms with Gasteiger partial charge in [0.05, 0.1) is 34.9 Å². The summed E-state index contributed by atoms with van der Waals surface area (Å²) < 4.78 is 93.1. The lowest BCUT2D eigenvalue weighted by Crippen LogP contribution is -2.68. The molecule has 6 heterocycles. The highest BCUT2D eigenvalue weighted by Crippen LogP contribution is 2.54. The van der Waals surface area contributed by atoms with E-state index in [1.807, 2.05) is 4.90 Å². The fourth-order valence-electron chi connectivity index (χ4n) is 8.58. The van der Waals surface area contributed by atoms with Gasteiger partial charge in [-0.15, -0.1) is 0 Å². The van der Waals surface area contributed by atoms with Gasteiger partial charge in [0.15, 0.2) is 5.82 Å². The average molecular weight is 697 g/mol. The molecule has 8 rings (SSSR count). The van der Waals surface area contributed by atoms with Crippen LogP contribution in [0.1, 0.15) is 44.1 Å². The SMILES string of the molecule is CN1c2nc(OC[C@@]34CCCN3C[C@H](F)C4)nc3c(F)c(-c4cc(N)cc(Cl)c4C(F)(F)F)nc(c23)OC2(CC(CO)C2)CC12COC2. The molecule has 16 heteroatoms. The predicted molar refractivity (Wildman–Crippen MR) is 165 cm³/mol. The molecule has 1 saturated carbocycles. The Balaban J connectivity index is 1.34. The second kappa shape index (κ2) is 10.9. The zero-order valence-corrected chi connectivity index (χ0v) is 26.8. The number of aliphatic hydroxyl groups excluding tert-OH is 1. The van der Waals surface area contributed by atoms with Gasteiger partial charge in [-0.05, 0) is 50.3 Å². The highest BCUT2D eigenvalue weighted by Gasteiger charge is 2.58. The van der Waals surface area contributed by atoms with Crippen molar-refractivity contribution in [2.75, 3.05) is 57.2 Å². The maximum absolute atomic E-state index is 16.9. The number of rotatable bonds is 5. The fourth-order valence-corrected chi connectivity index (χ4v) is 8.91. The van der Waals surface area contributed by atoms with Crippen LogP contribution in [0, 0.1) is 11.7 Å². The zero-order valence-electron chi connectivity index (χ0n) is 26.0. The summed E-state index contributed by atoms with van der Waals surface area (Å²) in [4.78, 5) is 17.5. The van der Waals surface area contributed by atoms with Gasteiger partial charge in [-0.3, -0.25) is 4.90 Å². The molecule has 3 aromatic rings. The van der Waals surface area contributed by atoms with Crippen LogP contribution in [0.4, 0.5) is 33.5 Å². The molecular formula is C32H34ClF5N6O4. The largest absolute Gasteiger partial charge is 0.470 e. The molecule has 2 atom stereocenters. The van der Waals surface area contributed by atoms with Crippen LogP contribution in [0.5, 0.6) is 11.9 Å². The molecule has 1 aliphatic carbocycles. The van der Waals surface area contributed by atoms with Crippen molar-refractivity contribution in [2.45, 2.75) is 67.6 Å². The molecule has 2 spiro atoms. The number of nitrogens with two attached hydrogens (primary N) is 1. The van der Waals surface area contributed by atoms with Crippen LogP contribution in [0.3, 0.4) is 0 Å². The summed E-state index contributed by atoms with van der Waals surface area (Å²) in [7, 11) is 1.78. The van der Waals surface area contributed by atoms with Crippen molar-refractivity contribution in [3.8, 4) is 23.1 Å². The van der Waals surface area contributed by atoms with E-state index < -0.39 is 56.7 Å². The first kappa shape index (κ1) is 32.0. The number of nitrogens with zero attached hydrogens (tertiary/aromatic N) is 5. The van der Waals surface area contributed by atoms with Gasteiger partial charge >= 0.3 is 12.2 Å². The lowest BCUT2D eigenvalue weighted by molar-refractivity contribution is -0.137. The van der Waals surface area contributed by atoms with Crippen LogP contribution in [0.15, 0.2) is 12.1 Å². The van der Waals surface area contributed by atoms with Crippen LogP contribution in [-0.4, -0.2) is 94.4 Å². The Morgan fingerprint density at radius 3 is 2.62 bits per heavy atom. The van der Waals surface area contributed by atoms with Crippen molar-refractivity contribution in [3.63, 3.8) is 0 Å². The van der Waals surface area contributed by atoms with Crippen LogP contribution < -0.4 is 20.1 Å². The number of alkyl halides is 4. The Labute approximate surface area is 277 Å². The van der Waals surface area contributed by atoms with E-state index in [0.717, 1.165) is 25.1 Å². The molecule has 4 aliphatic heterocycles. The summed E-state index contributed by atoms with van der Waals surface area (Å²) in [5, 5.41) is 9.20. The van der Waals surface area contributed by atoms with E-state index >= 15 is 4.39 Å². The Morgan fingerprint density at radius 1 is 1.17 bits per heavy atom. The summed E-state index contributed by atoms with van der Waals surface area (Å²) in [6.07, 6.45) is -2.81. The minimum atomic E-state index is -4.98. The van der Waals surface area contributed by atoms with Crippen LogP contribution >= 0.6 is 11.6 Å². The van der Waals surface area contributed by atoms with E-state index in [1.165, 1.54) is 0 Å². The zero-order chi connectivity index (χ0) is 33.8. The van der Waals surface area contributed by atoms with E-state index in [2.05, 4.69) is 14.9 Å². The molecule has 0 bridgehead atoms. The predicted octanol–water partition coefficient (Wildman–Crippen LogP) is 5.17. The lowest BCUT2D eigenvalue weighted by Gasteiger charge is -2.57. The lowest BCUT2D eigenvalue weighted by atomic mass is 9.64. The molecule has 0 unspecified atom stereocenters. The number of anilines is 2. The van der Waals surface area contributed by atoms with Crippen LogP contribution in [0.2, 0.25) is 5.02 Å². The van der Waals surface area contributed by atoms with Crippen molar-refractivity contribution >= 4 is 34.0 Å². The van der Waals surface area contributed by atoms with Gasteiger partial charge in [-0.1, -0.05) is 11.6 Å². The van der Waals surface area contributed by atoms with Gasteiger partial charge in [-0.25, -0.2) is 13.8 Å². The van der Waals surface area contributed by atoms with E-state index in [-0.39, 0.29) is 59.9 Å². The van der Waals surface area contributed by atoms with Gasteiger partial charge in [0, 0.05) is 44.3 Å². The third-order valence-corrected chi connectivity index (χ3v) is 11.2. The summed E-state index contributed by atoms with van der Waals surface area (Å²) in [6, 6.07) is 1.70. The highest BCUT2D eigenvalue weighted by molar-refractivity contribution is 6.32. The highest BCUT2D eigenvalue weighted by atomic mass is 35.5. The summed E-state index contributed by atoms with van der Waals surface area (Å²) >= 11 is 6.06. The van der Waals surface area contributed by atoms with Crippen molar-refractivity contribution in [2.24, 2.45) is 5.92 Å². The number of fused-ring (bicyclic) bond motifs is 1. The van der Waals surface area contributed by atoms with Gasteiger partial charge < -0.3 is 30.0 Å². The smallest absolute Gasteiger partial charge is 0.418 e. The number of pyridine rings is 1. The molecule has 4 fully saturated rings. The molecule has 48 heavy (non-hydrogen) atoms. The number of ether oxygens (including phenoxy) is 3. The molecule has 0 amide bonds. The normalized spacial score (nSPS) is 29.4. The Kier molecular flexibility index (Phi) is 7.23. The van der Waals surface area contributed by atoms with Crippen LogP contribution in [-0.2, 0) is 10.9 Å². The molecule has 3 saturated heterocycles. The third kappa shape index (κ3) is 4.86. The van der Waals surface area contributed by atoms with Gasteiger partial charge in [0.25, 0.3) is 0 Å². The molecule has 258 valence electrons. The van der Waals surface area contributed by atoms with Crippen molar-refractivity contribution in [1.82, 2.24) is 19.9 Å². The van der Waals surface area contributed by atoms with Crippen LogP contribution in [0.25, 0.3) is 22.2 Å².